The lowest BCUT2D eigenvalue weighted by Crippen LogP contribution is -2.24. The van der Waals surface area contributed by atoms with Gasteiger partial charge in [0.1, 0.15) is 0 Å². The number of hydrogen-bond donors (Lipinski definition) is 1. The number of benzene rings is 1. The first-order valence-electron chi connectivity index (χ1n) is 6.30. The Morgan fingerprint density at radius 2 is 2.00 bits per heavy atom. The van der Waals surface area contributed by atoms with E-state index in [0.717, 1.165) is 21.6 Å². The van der Waals surface area contributed by atoms with Crippen molar-refractivity contribution in [3.8, 4) is 0 Å². The van der Waals surface area contributed by atoms with Crippen LogP contribution in [0.15, 0.2) is 24.3 Å². The Morgan fingerprint density at radius 3 is 2.56 bits per heavy atom. The van der Waals surface area contributed by atoms with Crippen molar-refractivity contribution in [3.05, 3.63) is 35.0 Å². The summed E-state index contributed by atoms with van der Waals surface area (Å²) in [6.45, 7) is 7.95. The monoisotopic (exact) mass is 265 g/mol. The van der Waals surface area contributed by atoms with Crippen molar-refractivity contribution in [2.45, 2.75) is 45.8 Å². The molecule has 0 saturated heterocycles. The van der Waals surface area contributed by atoms with Gasteiger partial charge in [-0.3, -0.25) is 0 Å². The second-order valence-corrected chi connectivity index (χ2v) is 6.17. The van der Waals surface area contributed by atoms with Crippen molar-refractivity contribution in [1.29, 1.82) is 0 Å². The molecular weight excluding hydrogens is 246 g/mol. The highest BCUT2D eigenvalue weighted by Gasteiger charge is 2.20. The fraction of sp³-hybridized carbons (Fsp3) is 0.467. The lowest BCUT2D eigenvalue weighted by atomic mass is 10.0. The Morgan fingerprint density at radius 1 is 1.33 bits per heavy atom. The summed E-state index contributed by atoms with van der Waals surface area (Å²) < 4.78 is 2.25. The van der Waals surface area contributed by atoms with Crippen molar-refractivity contribution in [2.75, 3.05) is 0 Å². The van der Waals surface area contributed by atoms with E-state index in [1.807, 2.05) is 26.0 Å². The van der Waals surface area contributed by atoms with Gasteiger partial charge in [-0.1, -0.05) is 17.7 Å². The maximum absolute atomic E-state index is 10.0. The topological polar surface area (TPSA) is 25.2 Å². The van der Waals surface area contributed by atoms with Crippen LogP contribution in [0.1, 0.15) is 39.4 Å². The van der Waals surface area contributed by atoms with Gasteiger partial charge in [0.15, 0.2) is 0 Å². The molecule has 1 aromatic heterocycles. The van der Waals surface area contributed by atoms with Crippen molar-refractivity contribution >= 4 is 22.5 Å². The van der Waals surface area contributed by atoms with E-state index in [0.29, 0.717) is 12.5 Å². The maximum Gasteiger partial charge on any atom is 0.0646 e. The molecule has 2 rings (SSSR count). The van der Waals surface area contributed by atoms with Crippen LogP contribution < -0.4 is 0 Å². The molecule has 0 bridgehead atoms. The van der Waals surface area contributed by atoms with Gasteiger partial charge in [-0.25, -0.2) is 0 Å². The van der Waals surface area contributed by atoms with Crippen LogP contribution in [0.25, 0.3) is 10.9 Å². The number of rotatable bonds is 3. The summed E-state index contributed by atoms with van der Waals surface area (Å²) in [6.07, 6.45) is 0.621. The number of halogens is 1. The van der Waals surface area contributed by atoms with Crippen LogP contribution in [0.2, 0.25) is 5.02 Å². The van der Waals surface area contributed by atoms with Crippen LogP contribution in [-0.2, 0) is 6.42 Å². The molecule has 0 spiro atoms. The third-order valence-electron chi connectivity index (χ3n) is 3.04. The number of aliphatic hydroxyl groups is 1. The molecular formula is C15H20ClNO. The third kappa shape index (κ3) is 2.55. The molecule has 2 nitrogen and oxygen atoms in total. The second-order valence-electron chi connectivity index (χ2n) is 5.76. The Bertz CT molecular complexity index is 564. The van der Waals surface area contributed by atoms with E-state index in [9.17, 15) is 5.11 Å². The second kappa shape index (κ2) is 4.60. The minimum absolute atomic E-state index is 0.346. The van der Waals surface area contributed by atoms with Gasteiger partial charge in [-0.2, -0.15) is 0 Å². The van der Waals surface area contributed by atoms with Gasteiger partial charge < -0.3 is 9.67 Å². The normalized spacial score (nSPS) is 12.6. The molecule has 0 amide bonds. The predicted molar refractivity (Wildman–Crippen MR) is 77.3 cm³/mol. The van der Waals surface area contributed by atoms with Gasteiger partial charge >= 0.3 is 0 Å². The summed E-state index contributed by atoms with van der Waals surface area (Å²) in [7, 11) is 0. The van der Waals surface area contributed by atoms with Crippen molar-refractivity contribution in [2.24, 2.45) is 0 Å². The van der Waals surface area contributed by atoms with Crippen molar-refractivity contribution in [1.82, 2.24) is 4.57 Å². The summed E-state index contributed by atoms with van der Waals surface area (Å²) in [5.41, 5.74) is 1.55. The van der Waals surface area contributed by atoms with Crippen LogP contribution in [0, 0.1) is 0 Å². The largest absolute Gasteiger partial charge is 0.390 e. The summed E-state index contributed by atoms with van der Waals surface area (Å²) in [5, 5.41) is 11.9. The van der Waals surface area contributed by atoms with Gasteiger partial charge in [0, 0.05) is 34.1 Å². The average molecular weight is 266 g/mol. The first kappa shape index (κ1) is 13.4. The molecule has 1 N–H and O–H groups in total. The molecule has 0 aliphatic carbocycles. The number of fused-ring (bicyclic) bond motifs is 1. The summed E-state index contributed by atoms with van der Waals surface area (Å²) >= 11 is 6.24. The molecule has 0 unspecified atom stereocenters. The fourth-order valence-corrected chi connectivity index (χ4v) is 2.68. The number of hydrogen-bond acceptors (Lipinski definition) is 1. The molecule has 18 heavy (non-hydrogen) atoms. The summed E-state index contributed by atoms with van der Waals surface area (Å²) in [5.74, 6) is 0. The first-order valence-corrected chi connectivity index (χ1v) is 6.68. The molecule has 0 aliphatic rings. The molecule has 0 atom stereocenters. The fourth-order valence-electron chi connectivity index (χ4n) is 2.46. The Kier molecular flexibility index (Phi) is 3.43. The van der Waals surface area contributed by atoms with Crippen LogP contribution in [0.5, 0.6) is 0 Å². The molecule has 3 heteroatoms. The molecule has 1 aromatic carbocycles. The summed E-state index contributed by atoms with van der Waals surface area (Å²) in [6, 6.07) is 8.39. The zero-order valence-electron chi connectivity index (χ0n) is 11.4. The molecule has 0 aliphatic heterocycles. The minimum Gasteiger partial charge on any atom is -0.390 e. The first-order chi connectivity index (χ1) is 8.29. The minimum atomic E-state index is -0.715. The predicted octanol–water partition coefficient (Wildman–Crippen LogP) is 4.19. The lowest BCUT2D eigenvalue weighted by molar-refractivity contribution is 0.0789. The molecule has 2 aromatic rings. The highest BCUT2D eigenvalue weighted by Crippen LogP contribution is 2.31. The molecule has 0 saturated carbocycles. The van der Waals surface area contributed by atoms with E-state index in [2.05, 4.69) is 30.5 Å². The quantitative estimate of drug-likeness (QED) is 0.885. The van der Waals surface area contributed by atoms with E-state index < -0.39 is 5.60 Å². The molecule has 0 radical (unpaired) electrons. The van der Waals surface area contributed by atoms with E-state index >= 15 is 0 Å². The van der Waals surface area contributed by atoms with Crippen LogP contribution in [0.3, 0.4) is 0 Å². The lowest BCUT2D eigenvalue weighted by Gasteiger charge is -2.21. The molecule has 0 fully saturated rings. The standard InChI is InChI=1S/C15H20ClNO/c1-10(2)17-11(9-15(3,4)18)8-12-13(16)6-5-7-14(12)17/h5-8,10,18H,9H2,1-4H3. The van der Waals surface area contributed by atoms with E-state index in [1.54, 1.807) is 0 Å². The summed E-state index contributed by atoms with van der Waals surface area (Å²) in [4.78, 5) is 0. The van der Waals surface area contributed by atoms with E-state index in [-0.39, 0.29) is 0 Å². The van der Waals surface area contributed by atoms with Gasteiger partial charge in [0.25, 0.3) is 0 Å². The van der Waals surface area contributed by atoms with Gasteiger partial charge in [-0.05, 0) is 45.9 Å². The smallest absolute Gasteiger partial charge is 0.0646 e. The Hall–Kier alpha value is -0.990. The Labute approximate surface area is 113 Å². The maximum atomic E-state index is 10.0. The average Bonchev–Trinajstić information content (AvgIpc) is 2.54. The Balaban J connectivity index is 2.65. The zero-order valence-corrected chi connectivity index (χ0v) is 12.1. The molecule has 98 valence electrons. The van der Waals surface area contributed by atoms with Crippen LogP contribution in [-0.4, -0.2) is 15.3 Å². The highest BCUT2D eigenvalue weighted by molar-refractivity contribution is 6.35. The number of nitrogens with zero attached hydrogens (tertiary/aromatic N) is 1. The van der Waals surface area contributed by atoms with Gasteiger partial charge in [0.2, 0.25) is 0 Å². The van der Waals surface area contributed by atoms with Crippen molar-refractivity contribution in [3.63, 3.8) is 0 Å². The van der Waals surface area contributed by atoms with Crippen LogP contribution in [0.4, 0.5) is 0 Å². The van der Waals surface area contributed by atoms with E-state index in [4.69, 9.17) is 11.6 Å². The molecule has 1 heterocycles. The van der Waals surface area contributed by atoms with Gasteiger partial charge in [-0.15, -0.1) is 0 Å². The number of aromatic nitrogens is 1. The van der Waals surface area contributed by atoms with Gasteiger partial charge in [0.05, 0.1) is 5.60 Å². The highest BCUT2D eigenvalue weighted by atomic mass is 35.5. The van der Waals surface area contributed by atoms with Crippen LogP contribution >= 0.6 is 11.6 Å². The van der Waals surface area contributed by atoms with Crippen molar-refractivity contribution < 1.29 is 5.11 Å². The zero-order chi connectivity index (χ0) is 13.5. The SMILES string of the molecule is CC(C)n1c(CC(C)(C)O)cc2c(Cl)cccc21. The van der Waals surface area contributed by atoms with E-state index in [1.165, 1.54) is 0 Å². The third-order valence-corrected chi connectivity index (χ3v) is 3.37.